The van der Waals surface area contributed by atoms with Gasteiger partial charge in [-0.05, 0) is 24.6 Å². The highest BCUT2D eigenvalue weighted by atomic mass is 32.2. The molecule has 1 aliphatic heterocycles. The van der Waals surface area contributed by atoms with Gasteiger partial charge in [-0.2, -0.15) is 0 Å². The fourth-order valence-electron chi connectivity index (χ4n) is 1.48. The Kier molecular flexibility index (Phi) is 2.51. The van der Waals surface area contributed by atoms with Crippen LogP contribution in [-0.2, 0) is 4.79 Å². The molecule has 1 N–H and O–H groups in total. The lowest BCUT2D eigenvalue weighted by atomic mass is 9.95. The Hall–Kier alpha value is -0.960. The zero-order chi connectivity index (χ0) is 11.1. The summed E-state index contributed by atoms with van der Waals surface area (Å²) in [4.78, 5) is 13.1. The lowest BCUT2D eigenvalue weighted by Crippen LogP contribution is -2.31. The highest BCUT2D eigenvalue weighted by Crippen LogP contribution is 2.37. The Balaban J connectivity index is 2.40. The number of carbonyl (C=O) groups is 1. The van der Waals surface area contributed by atoms with Crippen molar-refractivity contribution >= 4 is 23.4 Å². The third kappa shape index (κ3) is 2.02. The van der Waals surface area contributed by atoms with Crippen LogP contribution in [0.5, 0.6) is 0 Å². The molecule has 0 atom stereocenters. The van der Waals surface area contributed by atoms with Crippen molar-refractivity contribution in [2.24, 2.45) is 5.41 Å². The van der Waals surface area contributed by atoms with Crippen LogP contribution in [0.25, 0.3) is 0 Å². The van der Waals surface area contributed by atoms with Crippen molar-refractivity contribution in [1.29, 1.82) is 0 Å². The average Bonchev–Trinajstić information content (AvgIpc) is 2.25. The van der Waals surface area contributed by atoms with Crippen molar-refractivity contribution in [2.75, 3.05) is 11.1 Å². The molecule has 15 heavy (non-hydrogen) atoms. The molecule has 1 amide bonds. The fourth-order valence-corrected chi connectivity index (χ4v) is 2.56. The Morgan fingerprint density at radius 3 is 2.87 bits per heavy atom. The number of hydrogen-bond donors (Lipinski definition) is 1. The van der Waals surface area contributed by atoms with Gasteiger partial charge in [-0.1, -0.05) is 19.9 Å². The lowest BCUT2D eigenvalue weighted by Gasteiger charge is -2.18. The average molecular weight is 221 g/mol. The van der Waals surface area contributed by atoms with Crippen molar-refractivity contribution in [3.63, 3.8) is 0 Å². The summed E-state index contributed by atoms with van der Waals surface area (Å²) in [6.07, 6.45) is 0. The molecule has 0 aromatic heterocycles. The van der Waals surface area contributed by atoms with Gasteiger partial charge in [0.25, 0.3) is 0 Å². The standard InChI is InChI=1S/C12H15NOS/c1-8-4-5-10-9(6-8)13-11(14)12(2,3)7-15-10/h4-6H,7H2,1-3H3,(H,13,14). The maximum absolute atomic E-state index is 11.9. The molecular formula is C12H15NOS. The molecule has 1 heterocycles. The lowest BCUT2D eigenvalue weighted by molar-refractivity contribution is -0.122. The highest BCUT2D eigenvalue weighted by Gasteiger charge is 2.31. The largest absolute Gasteiger partial charge is 0.325 e. The first kappa shape index (κ1) is 10.6. The van der Waals surface area contributed by atoms with Crippen LogP contribution in [0.3, 0.4) is 0 Å². The van der Waals surface area contributed by atoms with E-state index in [1.165, 1.54) is 10.5 Å². The second-order valence-corrected chi connectivity index (χ2v) is 5.64. The van der Waals surface area contributed by atoms with E-state index in [1.54, 1.807) is 11.8 Å². The number of aryl methyl sites for hydroxylation is 1. The van der Waals surface area contributed by atoms with E-state index in [0.717, 1.165) is 11.4 Å². The van der Waals surface area contributed by atoms with Gasteiger partial charge in [0, 0.05) is 10.6 Å². The van der Waals surface area contributed by atoms with E-state index in [0.29, 0.717) is 0 Å². The van der Waals surface area contributed by atoms with E-state index in [-0.39, 0.29) is 11.3 Å². The minimum atomic E-state index is -0.294. The number of benzene rings is 1. The second-order valence-electron chi connectivity index (χ2n) is 4.63. The van der Waals surface area contributed by atoms with E-state index >= 15 is 0 Å². The Morgan fingerprint density at radius 1 is 1.40 bits per heavy atom. The summed E-state index contributed by atoms with van der Waals surface area (Å²) in [5.41, 5.74) is 1.84. The molecule has 1 aliphatic rings. The molecule has 1 aromatic rings. The molecule has 0 unspecified atom stereocenters. The first-order valence-electron chi connectivity index (χ1n) is 5.04. The maximum Gasteiger partial charge on any atom is 0.230 e. The van der Waals surface area contributed by atoms with Gasteiger partial charge in [-0.25, -0.2) is 0 Å². The first-order valence-corrected chi connectivity index (χ1v) is 6.02. The highest BCUT2D eigenvalue weighted by molar-refractivity contribution is 7.99. The smallest absolute Gasteiger partial charge is 0.230 e. The summed E-state index contributed by atoms with van der Waals surface area (Å²) in [5, 5.41) is 2.99. The van der Waals surface area contributed by atoms with Gasteiger partial charge in [0.2, 0.25) is 5.91 Å². The number of nitrogens with one attached hydrogen (secondary N) is 1. The number of thioether (sulfide) groups is 1. The van der Waals surface area contributed by atoms with Crippen LogP contribution in [-0.4, -0.2) is 11.7 Å². The molecule has 1 aromatic carbocycles. The van der Waals surface area contributed by atoms with E-state index in [2.05, 4.69) is 17.4 Å². The molecular weight excluding hydrogens is 206 g/mol. The summed E-state index contributed by atoms with van der Waals surface area (Å²) in [5.74, 6) is 0.939. The van der Waals surface area contributed by atoms with Gasteiger partial charge < -0.3 is 5.32 Å². The van der Waals surface area contributed by atoms with Gasteiger partial charge >= 0.3 is 0 Å². The Bertz CT molecular complexity index is 412. The number of rotatable bonds is 0. The van der Waals surface area contributed by atoms with Crippen LogP contribution in [0.2, 0.25) is 0 Å². The van der Waals surface area contributed by atoms with Crippen molar-refractivity contribution in [2.45, 2.75) is 25.7 Å². The summed E-state index contributed by atoms with van der Waals surface area (Å²) in [6, 6.07) is 6.19. The van der Waals surface area contributed by atoms with Crippen molar-refractivity contribution in [1.82, 2.24) is 0 Å². The van der Waals surface area contributed by atoms with Gasteiger partial charge in [0.05, 0.1) is 11.1 Å². The zero-order valence-electron chi connectivity index (χ0n) is 9.26. The first-order chi connectivity index (χ1) is 6.99. The summed E-state index contributed by atoms with van der Waals surface area (Å²) < 4.78 is 0. The van der Waals surface area contributed by atoms with Crippen molar-refractivity contribution in [3.05, 3.63) is 23.8 Å². The van der Waals surface area contributed by atoms with Crippen LogP contribution in [0.1, 0.15) is 19.4 Å². The molecule has 0 saturated heterocycles. The number of fused-ring (bicyclic) bond motifs is 1. The van der Waals surface area contributed by atoms with Crippen molar-refractivity contribution in [3.8, 4) is 0 Å². The molecule has 0 bridgehead atoms. The minimum Gasteiger partial charge on any atom is -0.325 e. The van der Waals surface area contributed by atoms with Crippen LogP contribution >= 0.6 is 11.8 Å². The third-order valence-electron chi connectivity index (χ3n) is 2.59. The second kappa shape index (κ2) is 3.56. The third-order valence-corrected chi connectivity index (χ3v) is 4.12. The van der Waals surface area contributed by atoms with E-state index in [9.17, 15) is 4.79 Å². The van der Waals surface area contributed by atoms with Crippen LogP contribution in [0.15, 0.2) is 23.1 Å². The van der Waals surface area contributed by atoms with E-state index in [4.69, 9.17) is 0 Å². The summed E-state index contributed by atoms with van der Waals surface area (Å²) in [6.45, 7) is 6.00. The monoisotopic (exact) mass is 221 g/mol. The van der Waals surface area contributed by atoms with Crippen LogP contribution < -0.4 is 5.32 Å². The van der Waals surface area contributed by atoms with E-state index < -0.39 is 0 Å². The normalized spacial score (nSPS) is 19.0. The summed E-state index contributed by atoms with van der Waals surface area (Å²) >= 11 is 1.75. The molecule has 3 heteroatoms. The van der Waals surface area contributed by atoms with E-state index in [1.807, 2.05) is 26.8 Å². The number of hydrogen-bond acceptors (Lipinski definition) is 2. The van der Waals surface area contributed by atoms with Crippen molar-refractivity contribution < 1.29 is 4.79 Å². The predicted molar refractivity (Wildman–Crippen MR) is 64.3 cm³/mol. The predicted octanol–water partition coefficient (Wildman–Crippen LogP) is 3.07. The Labute approximate surface area is 94.4 Å². The fraction of sp³-hybridized carbons (Fsp3) is 0.417. The van der Waals surface area contributed by atoms with Crippen LogP contribution in [0, 0.1) is 12.3 Å². The van der Waals surface area contributed by atoms with Crippen LogP contribution in [0.4, 0.5) is 5.69 Å². The SMILES string of the molecule is Cc1ccc2c(c1)NC(=O)C(C)(C)CS2. The quantitative estimate of drug-likeness (QED) is 0.729. The molecule has 80 valence electrons. The van der Waals surface area contributed by atoms with Gasteiger partial charge in [-0.3, -0.25) is 4.79 Å². The molecule has 2 nitrogen and oxygen atoms in total. The molecule has 0 radical (unpaired) electrons. The zero-order valence-corrected chi connectivity index (χ0v) is 10.1. The molecule has 0 fully saturated rings. The molecule has 0 saturated carbocycles. The number of amides is 1. The number of carbonyl (C=O) groups excluding carboxylic acids is 1. The topological polar surface area (TPSA) is 29.1 Å². The van der Waals surface area contributed by atoms with Gasteiger partial charge in [0.1, 0.15) is 0 Å². The molecule has 2 rings (SSSR count). The minimum absolute atomic E-state index is 0.111. The number of anilines is 1. The van der Waals surface area contributed by atoms with Gasteiger partial charge in [0.15, 0.2) is 0 Å². The molecule has 0 spiro atoms. The van der Waals surface area contributed by atoms with Gasteiger partial charge in [-0.15, -0.1) is 11.8 Å². The molecule has 0 aliphatic carbocycles. The summed E-state index contributed by atoms with van der Waals surface area (Å²) in [7, 11) is 0. The Morgan fingerprint density at radius 2 is 2.13 bits per heavy atom. The maximum atomic E-state index is 11.9.